The maximum absolute atomic E-state index is 9.02. The highest BCUT2D eigenvalue weighted by atomic mass is 79.9. The Bertz CT molecular complexity index is 541. The highest BCUT2D eigenvalue weighted by Crippen LogP contribution is 2.27. The van der Waals surface area contributed by atoms with Gasteiger partial charge in [0.15, 0.2) is 0 Å². The van der Waals surface area contributed by atoms with E-state index in [4.69, 9.17) is 9.84 Å². The number of ether oxygens (including phenoxy) is 1. The van der Waals surface area contributed by atoms with E-state index in [9.17, 15) is 0 Å². The van der Waals surface area contributed by atoms with E-state index in [1.54, 1.807) is 0 Å². The van der Waals surface area contributed by atoms with Crippen LogP contribution in [0.5, 0.6) is 5.75 Å². The van der Waals surface area contributed by atoms with Crippen LogP contribution >= 0.6 is 31.9 Å². The normalized spacial score (nSPS) is 10.4. The van der Waals surface area contributed by atoms with Gasteiger partial charge in [-0.15, -0.1) is 0 Å². The van der Waals surface area contributed by atoms with Gasteiger partial charge in [-0.3, -0.25) is 0 Å². The van der Waals surface area contributed by atoms with E-state index in [1.807, 2.05) is 42.5 Å². The predicted molar refractivity (Wildman–Crippen MR) is 78.5 cm³/mol. The molecule has 0 amide bonds. The van der Waals surface area contributed by atoms with E-state index >= 15 is 0 Å². The lowest BCUT2D eigenvalue weighted by Gasteiger charge is -2.09. The standard InChI is InChI=1S/C14H12Br2O2/c15-12-3-1-2-11(6-12)9-18-14-5-4-10(8-17)7-13(14)16/h1-7,17H,8-9H2. The van der Waals surface area contributed by atoms with Crippen LogP contribution in [0.3, 0.4) is 0 Å². The molecule has 0 atom stereocenters. The van der Waals surface area contributed by atoms with Crippen LogP contribution in [-0.4, -0.2) is 5.11 Å². The van der Waals surface area contributed by atoms with Gasteiger partial charge in [0, 0.05) is 4.47 Å². The molecule has 94 valence electrons. The Morgan fingerprint density at radius 2 is 1.83 bits per heavy atom. The minimum Gasteiger partial charge on any atom is -0.488 e. The minimum atomic E-state index is 0.0323. The molecule has 0 fully saturated rings. The summed E-state index contributed by atoms with van der Waals surface area (Å²) >= 11 is 6.86. The third kappa shape index (κ3) is 3.57. The molecule has 4 heteroatoms. The first-order valence-corrected chi connectivity index (χ1v) is 7.04. The summed E-state index contributed by atoms with van der Waals surface area (Å²) in [5, 5.41) is 9.02. The van der Waals surface area contributed by atoms with Crippen LogP contribution in [0.15, 0.2) is 51.4 Å². The van der Waals surface area contributed by atoms with Gasteiger partial charge in [0.1, 0.15) is 12.4 Å². The van der Waals surface area contributed by atoms with Crippen molar-refractivity contribution in [1.82, 2.24) is 0 Å². The van der Waals surface area contributed by atoms with Crippen molar-refractivity contribution in [2.45, 2.75) is 13.2 Å². The lowest BCUT2D eigenvalue weighted by atomic mass is 10.2. The van der Waals surface area contributed by atoms with Crippen LogP contribution in [-0.2, 0) is 13.2 Å². The summed E-state index contributed by atoms with van der Waals surface area (Å²) in [4.78, 5) is 0. The average Bonchev–Trinajstić information content (AvgIpc) is 2.37. The summed E-state index contributed by atoms with van der Waals surface area (Å²) < 4.78 is 7.62. The number of rotatable bonds is 4. The summed E-state index contributed by atoms with van der Waals surface area (Å²) in [6.07, 6.45) is 0. The zero-order chi connectivity index (χ0) is 13.0. The second-order valence-electron chi connectivity index (χ2n) is 3.84. The van der Waals surface area contributed by atoms with E-state index in [2.05, 4.69) is 31.9 Å². The van der Waals surface area contributed by atoms with Crippen LogP contribution in [0.4, 0.5) is 0 Å². The van der Waals surface area contributed by atoms with Gasteiger partial charge in [-0.05, 0) is 51.3 Å². The van der Waals surface area contributed by atoms with Gasteiger partial charge < -0.3 is 9.84 Å². The van der Waals surface area contributed by atoms with Crippen molar-refractivity contribution < 1.29 is 9.84 Å². The molecule has 2 rings (SSSR count). The summed E-state index contributed by atoms with van der Waals surface area (Å²) in [6, 6.07) is 13.6. The largest absolute Gasteiger partial charge is 0.488 e. The molecular weight excluding hydrogens is 360 g/mol. The Balaban J connectivity index is 2.06. The molecule has 2 nitrogen and oxygen atoms in total. The Morgan fingerprint density at radius 3 is 2.50 bits per heavy atom. The highest BCUT2D eigenvalue weighted by molar-refractivity contribution is 9.10. The molecule has 0 aromatic heterocycles. The fraction of sp³-hybridized carbons (Fsp3) is 0.143. The smallest absolute Gasteiger partial charge is 0.134 e. The zero-order valence-corrected chi connectivity index (χ0v) is 12.7. The predicted octanol–water partition coefficient (Wildman–Crippen LogP) is 4.28. The maximum atomic E-state index is 9.02. The van der Waals surface area contributed by atoms with Gasteiger partial charge in [0.05, 0.1) is 11.1 Å². The molecule has 0 saturated heterocycles. The third-order valence-corrected chi connectivity index (χ3v) is 3.58. The first kappa shape index (κ1) is 13.6. The molecule has 0 radical (unpaired) electrons. The molecule has 0 spiro atoms. The van der Waals surface area contributed by atoms with Crippen molar-refractivity contribution >= 4 is 31.9 Å². The van der Waals surface area contributed by atoms with Crippen molar-refractivity contribution in [2.24, 2.45) is 0 Å². The third-order valence-electron chi connectivity index (χ3n) is 2.46. The molecule has 2 aromatic carbocycles. The number of hydrogen-bond acceptors (Lipinski definition) is 2. The van der Waals surface area contributed by atoms with Crippen LogP contribution in [0, 0.1) is 0 Å². The molecule has 0 unspecified atom stereocenters. The van der Waals surface area contributed by atoms with E-state index < -0.39 is 0 Å². The number of aliphatic hydroxyl groups excluding tert-OH is 1. The Labute approximate surface area is 123 Å². The van der Waals surface area contributed by atoms with Crippen molar-refractivity contribution in [1.29, 1.82) is 0 Å². The van der Waals surface area contributed by atoms with Crippen molar-refractivity contribution in [3.63, 3.8) is 0 Å². The van der Waals surface area contributed by atoms with Crippen LogP contribution < -0.4 is 4.74 Å². The number of hydrogen-bond donors (Lipinski definition) is 1. The fourth-order valence-corrected chi connectivity index (χ4v) is 2.53. The van der Waals surface area contributed by atoms with Crippen molar-refractivity contribution in [3.8, 4) is 5.75 Å². The van der Waals surface area contributed by atoms with E-state index in [-0.39, 0.29) is 6.61 Å². The first-order chi connectivity index (χ1) is 8.69. The Hall–Kier alpha value is -0.840. The zero-order valence-electron chi connectivity index (χ0n) is 9.57. The molecule has 0 saturated carbocycles. The van der Waals surface area contributed by atoms with Crippen LogP contribution in [0.1, 0.15) is 11.1 Å². The van der Waals surface area contributed by atoms with Crippen molar-refractivity contribution in [2.75, 3.05) is 0 Å². The van der Waals surface area contributed by atoms with Gasteiger partial charge in [-0.2, -0.15) is 0 Å². The molecule has 2 aromatic rings. The fourth-order valence-electron chi connectivity index (χ4n) is 1.55. The van der Waals surface area contributed by atoms with Gasteiger partial charge in [0.25, 0.3) is 0 Å². The van der Waals surface area contributed by atoms with E-state index in [0.29, 0.717) is 6.61 Å². The van der Waals surface area contributed by atoms with Crippen molar-refractivity contribution in [3.05, 3.63) is 62.5 Å². The number of aliphatic hydroxyl groups is 1. The number of benzene rings is 2. The summed E-state index contributed by atoms with van der Waals surface area (Å²) in [7, 11) is 0. The quantitative estimate of drug-likeness (QED) is 0.868. The summed E-state index contributed by atoms with van der Waals surface area (Å²) in [5.41, 5.74) is 1.96. The molecular formula is C14H12Br2O2. The monoisotopic (exact) mass is 370 g/mol. The number of halogens is 2. The second-order valence-corrected chi connectivity index (χ2v) is 5.61. The highest BCUT2D eigenvalue weighted by Gasteiger charge is 2.03. The Morgan fingerprint density at radius 1 is 1.00 bits per heavy atom. The molecule has 1 N–H and O–H groups in total. The molecule has 0 aliphatic heterocycles. The maximum Gasteiger partial charge on any atom is 0.134 e. The second kappa shape index (κ2) is 6.36. The molecule has 18 heavy (non-hydrogen) atoms. The minimum absolute atomic E-state index is 0.0323. The van der Waals surface area contributed by atoms with Gasteiger partial charge in [-0.1, -0.05) is 34.1 Å². The van der Waals surface area contributed by atoms with Gasteiger partial charge in [-0.25, -0.2) is 0 Å². The lowest BCUT2D eigenvalue weighted by Crippen LogP contribution is -1.96. The Kier molecular flexibility index (Phi) is 4.80. The van der Waals surface area contributed by atoms with E-state index in [1.165, 1.54) is 0 Å². The van der Waals surface area contributed by atoms with Crippen LogP contribution in [0.2, 0.25) is 0 Å². The molecule has 0 bridgehead atoms. The molecule has 0 aliphatic carbocycles. The van der Waals surface area contributed by atoms with Crippen LogP contribution in [0.25, 0.3) is 0 Å². The van der Waals surface area contributed by atoms with Gasteiger partial charge in [0.2, 0.25) is 0 Å². The van der Waals surface area contributed by atoms with E-state index in [0.717, 1.165) is 25.8 Å². The molecule has 0 heterocycles. The SMILES string of the molecule is OCc1ccc(OCc2cccc(Br)c2)c(Br)c1. The van der Waals surface area contributed by atoms with Gasteiger partial charge >= 0.3 is 0 Å². The first-order valence-electron chi connectivity index (χ1n) is 5.45. The summed E-state index contributed by atoms with van der Waals surface area (Å²) in [6.45, 7) is 0.543. The lowest BCUT2D eigenvalue weighted by molar-refractivity contribution is 0.280. The average molecular weight is 372 g/mol. The summed E-state index contributed by atoms with van der Waals surface area (Å²) in [5.74, 6) is 0.771. The topological polar surface area (TPSA) is 29.5 Å². The molecule has 0 aliphatic rings.